The Bertz CT molecular complexity index is 838. The predicted molar refractivity (Wildman–Crippen MR) is 106 cm³/mol. The van der Waals surface area contributed by atoms with Gasteiger partial charge < -0.3 is 15.5 Å². The van der Waals surface area contributed by atoms with Crippen LogP contribution in [0.1, 0.15) is 24.0 Å². The second-order valence-electron chi connectivity index (χ2n) is 6.72. The number of nitrogens with one attached hydrogen (secondary N) is 2. The zero-order valence-corrected chi connectivity index (χ0v) is 15.4. The lowest BCUT2D eigenvalue weighted by Gasteiger charge is -2.27. The average molecular weight is 368 g/mol. The summed E-state index contributed by atoms with van der Waals surface area (Å²) in [6.07, 6.45) is 2.47. The second-order valence-corrected chi connectivity index (χ2v) is 6.72. The SMILES string of the molecule is CN1CCCc2cc(CNC(=O)CCNc3ccccc3[N+](=O)[O-])ccc21. The zero-order valence-electron chi connectivity index (χ0n) is 15.4. The Labute approximate surface area is 158 Å². The highest BCUT2D eigenvalue weighted by Crippen LogP contribution is 2.26. The fourth-order valence-corrected chi connectivity index (χ4v) is 3.33. The van der Waals surface area contributed by atoms with Crippen LogP contribution in [0, 0.1) is 10.1 Å². The van der Waals surface area contributed by atoms with Gasteiger partial charge in [-0.3, -0.25) is 14.9 Å². The molecule has 1 aliphatic rings. The standard InChI is InChI=1S/C20H24N4O3/c1-23-12-4-5-16-13-15(8-9-18(16)23)14-22-20(25)10-11-21-17-6-2-3-7-19(17)24(26)27/h2-3,6-9,13,21H,4-5,10-12,14H2,1H3,(H,22,25). The summed E-state index contributed by atoms with van der Waals surface area (Å²) in [6.45, 7) is 1.91. The van der Waals surface area contributed by atoms with Gasteiger partial charge in [-0.05, 0) is 36.1 Å². The molecule has 27 heavy (non-hydrogen) atoms. The number of benzene rings is 2. The van der Waals surface area contributed by atoms with E-state index < -0.39 is 4.92 Å². The van der Waals surface area contributed by atoms with Crippen LogP contribution in [-0.4, -0.2) is 31.0 Å². The molecule has 0 aliphatic carbocycles. The van der Waals surface area contributed by atoms with Crippen molar-refractivity contribution >= 4 is 23.0 Å². The van der Waals surface area contributed by atoms with Gasteiger partial charge in [-0.2, -0.15) is 0 Å². The molecule has 0 saturated heterocycles. The molecule has 2 aromatic rings. The summed E-state index contributed by atoms with van der Waals surface area (Å²) in [4.78, 5) is 24.9. The third-order valence-corrected chi connectivity index (χ3v) is 4.75. The van der Waals surface area contributed by atoms with Crippen LogP contribution in [0.4, 0.5) is 17.1 Å². The van der Waals surface area contributed by atoms with Crippen LogP contribution in [0.25, 0.3) is 0 Å². The summed E-state index contributed by atoms with van der Waals surface area (Å²) in [7, 11) is 2.10. The maximum absolute atomic E-state index is 12.1. The largest absolute Gasteiger partial charge is 0.379 e. The van der Waals surface area contributed by atoms with Crippen molar-refractivity contribution in [2.75, 3.05) is 30.4 Å². The summed E-state index contributed by atoms with van der Waals surface area (Å²) in [6, 6.07) is 12.8. The first-order valence-electron chi connectivity index (χ1n) is 9.11. The van der Waals surface area contributed by atoms with E-state index in [4.69, 9.17) is 0 Å². The Kier molecular flexibility index (Phi) is 5.90. The lowest BCUT2D eigenvalue weighted by Crippen LogP contribution is -2.26. The summed E-state index contributed by atoms with van der Waals surface area (Å²) in [5.41, 5.74) is 4.12. The minimum atomic E-state index is -0.435. The van der Waals surface area contributed by atoms with Gasteiger partial charge in [-0.1, -0.05) is 24.3 Å². The van der Waals surface area contributed by atoms with Gasteiger partial charge in [-0.25, -0.2) is 0 Å². The van der Waals surface area contributed by atoms with E-state index in [0.29, 0.717) is 18.8 Å². The molecule has 7 heteroatoms. The predicted octanol–water partition coefficient (Wildman–Crippen LogP) is 3.10. The number of nitro benzene ring substituents is 1. The van der Waals surface area contributed by atoms with Crippen LogP contribution in [-0.2, 0) is 17.8 Å². The van der Waals surface area contributed by atoms with E-state index >= 15 is 0 Å². The van der Waals surface area contributed by atoms with E-state index in [-0.39, 0.29) is 18.0 Å². The second kappa shape index (κ2) is 8.53. The highest BCUT2D eigenvalue weighted by molar-refractivity contribution is 5.76. The molecule has 2 N–H and O–H groups in total. The molecular formula is C20H24N4O3. The van der Waals surface area contributed by atoms with Gasteiger partial charge in [0.15, 0.2) is 0 Å². The maximum atomic E-state index is 12.1. The van der Waals surface area contributed by atoms with Gasteiger partial charge in [0.05, 0.1) is 4.92 Å². The van der Waals surface area contributed by atoms with Crippen molar-refractivity contribution in [3.63, 3.8) is 0 Å². The molecule has 0 atom stereocenters. The number of para-hydroxylation sites is 2. The van der Waals surface area contributed by atoms with E-state index in [1.165, 1.54) is 17.3 Å². The van der Waals surface area contributed by atoms with E-state index in [2.05, 4.69) is 34.7 Å². The molecule has 0 saturated carbocycles. The van der Waals surface area contributed by atoms with Gasteiger partial charge >= 0.3 is 0 Å². The minimum absolute atomic E-state index is 0.0111. The van der Waals surface area contributed by atoms with Gasteiger partial charge in [0.1, 0.15) is 5.69 Å². The van der Waals surface area contributed by atoms with Crippen molar-refractivity contribution in [3.05, 3.63) is 63.7 Å². The third kappa shape index (κ3) is 4.75. The lowest BCUT2D eigenvalue weighted by atomic mass is 9.99. The average Bonchev–Trinajstić information content (AvgIpc) is 2.67. The molecule has 1 aliphatic heterocycles. The molecule has 1 amide bonds. The van der Waals surface area contributed by atoms with Crippen molar-refractivity contribution in [2.45, 2.75) is 25.8 Å². The molecule has 0 fully saturated rings. The van der Waals surface area contributed by atoms with Gasteiger partial charge in [0.25, 0.3) is 5.69 Å². The molecule has 3 rings (SSSR count). The van der Waals surface area contributed by atoms with Crippen LogP contribution in [0.2, 0.25) is 0 Å². The number of nitrogens with zero attached hydrogens (tertiary/aromatic N) is 2. The smallest absolute Gasteiger partial charge is 0.292 e. The van der Waals surface area contributed by atoms with Crippen LogP contribution in [0.3, 0.4) is 0 Å². The van der Waals surface area contributed by atoms with Crippen LogP contribution < -0.4 is 15.5 Å². The number of nitro groups is 1. The van der Waals surface area contributed by atoms with E-state index in [1.807, 2.05) is 6.07 Å². The quantitative estimate of drug-likeness (QED) is 0.579. The first kappa shape index (κ1) is 18.7. The number of fused-ring (bicyclic) bond motifs is 1. The number of carbonyl (C=O) groups is 1. The molecule has 2 aromatic carbocycles. The fourth-order valence-electron chi connectivity index (χ4n) is 3.33. The molecule has 0 aromatic heterocycles. The number of aryl methyl sites for hydroxylation is 1. The fraction of sp³-hybridized carbons (Fsp3) is 0.350. The molecule has 0 bridgehead atoms. The number of hydrogen-bond donors (Lipinski definition) is 2. The monoisotopic (exact) mass is 368 g/mol. The van der Waals surface area contributed by atoms with Crippen molar-refractivity contribution in [3.8, 4) is 0 Å². The zero-order chi connectivity index (χ0) is 19.2. The Morgan fingerprint density at radius 1 is 1.26 bits per heavy atom. The Hall–Kier alpha value is -3.09. The first-order chi connectivity index (χ1) is 13.0. The van der Waals surface area contributed by atoms with Crippen molar-refractivity contribution in [1.29, 1.82) is 0 Å². The first-order valence-corrected chi connectivity index (χ1v) is 9.11. The molecular weight excluding hydrogens is 344 g/mol. The summed E-state index contributed by atoms with van der Waals surface area (Å²) < 4.78 is 0. The molecule has 0 spiro atoms. The van der Waals surface area contributed by atoms with Gasteiger partial charge in [0.2, 0.25) is 5.91 Å². The minimum Gasteiger partial charge on any atom is -0.379 e. The molecule has 0 unspecified atom stereocenters. The number of anilines is 2. The third-order valence-electron chi connectivity index (χ3n) is 4.75. The Balaban J connectivity index is 1.47. The summed E-state index contributed by atoms with van der Waals surface area (Å²) in [5.74, 6) is -0.0871. The number of hydrogen-bond acceptors (Lipinski definition) is 5. The normalized spacial score (nSPS) is 13.0. The number of rotatable bonds is 7. The van der Waals surface area contributed by atoms with Gasteiger partial charge in [0, 0.05) is 44.9 Å². The van der Waals surface area contributed by atoms with Crippen molar-refractivity contribution < 1.29 is 9.72 Å². The summed E-state index contributed by atoms with van der Waals surface area (Å²) >= 11 is 0. The van der Waals surface area contributed by atoms with Crippen molar-refractivity contribution in [1.82, 2.24) is 5.32 Å². The highest BCUT2D eigenvalue weighted by Gasteiger charge is 2.14. The van der Waals surface area contributed by atoms with E-state index in [0.717, 1.165) is 24.9 Å². The van der Waals surface area contributed by atoms with Crippen LogP contribution >= 0.6 is 0 Å². The maximum Gasteiger partial charge on any atom is 0.292 e. The molecule has 1 heterocycles. The lowest BCUT2D eigenvalue weighted by molar-refractivity contribution is -0.384. The highest BCUT2D eigenvalue weighted by atomic mass is 16.6. The summed E-state index contributed by atoms with van der Waals surface area (Å²) in [5, 5.41) is 16.9. The number of amides is 1. The topological polar surface area (TPSA) is 87.5 Å². The molecule has 7 nitrogen and oxygen atoms in total. The number of carbonyl (C=O) groups excluding carboxylic acids is 1. The van der Waals surface area contributed by atoms with Crippen molar-refractivity contribution in [2.24, 2.45) is 0 Å². The van der Waals surface area contributed by atoms with E-state index in [1.54, 1.807) is 18.2 Å². The molecule has 142 valence electrons. The van der Waals surface area contributed by atoms with Gasteiger partial charge in [-0.15, -0.1) is 0 Å². The van der Waals surface area contributed by atoms with E-state index in [9.17, 15) is 14.9 Å². The van der Waals surface area contributed by atoms with Crippen LogP contribution in [0.15, 0.2) is 42.5 Å². The Morgan fingerprint density at radius 3 is 2.89 bits per heavy atom. The molecule has 0 radical (unpaired) electrons. The Morgan fingerprint density at radius 2 is 2.07 bits per heavy atom. The van der Waals surface area contributed by atoms with Crippen LogP contribution in [0.5, 0.6) is 0 Å².